The fraction of sp³-hybridized carbons (Fsp3) is 0.179. The van der Waals surface area contributed by atoms with Crippen molar-refractivity contribution in [3.8, 4) is 11.1 Å². The van der Waals surface area contributed by atoms with Crippen molar-refractivity contribution >= 4 is 28.0 Å². The Hall–Kier alpha value is -3.39. The minimum absolute atomic E-state index is 0.414. The third-order valence-corrected chi connectivity index (χ3v) is 6.63. The number of nitrogens with one attached hydrogen (secondary N) is 1. The molecular formula is C28H26N2. The fourth-order valence-electron chi connectivity index (χ4n) is 5.33. The van der Waals surface area contributed by atoms with Crippen LogP contribution in [0.2, 0.25) is 0 Å². The summed E-state index contributed by atoms with van der Waals surface area (Å²) >= 11 is 0. The van der Waals surface area contributed by atoms with Crippen molar-refractivity contribution < 1.29 is 0 Å². The van der Waals surface area contributed by atoms with Crippen molar-refractivity contribution in [3.05, 3.63) is 95.2 Å². The molecule has 1 atom stereocenters. The molecule has 1 N–H and O–H groups in total. The molecule has 148 valence electrons. The van der Waals surface area contributed by atoms with Gasteiger partial charge in [0.2, 0.25) is 0 Å². The number of para-hydroxylation sites is 1. The van der Waals surface area contributed by atoms with E-state index in [-0.39, 0.29) is 0 Å². The van der Waals surface area contributed by atoms with Gasteiger partial charge in [-0.15, -0.1) is 0 Å². The van der Waals surface area contributed by atoms with Gasteiger partial charge < -0.3 is 4.98 Å². The highest BCUT2D eigenvalue weighted by Crippen LogP contribution is 2.58. The lowest BCUT2D eigenvalue weighted by atomic mass is 9.69. The van der Waals surface area contributed by atoms with E-state index in [1.807, 2.05) is 13.1 Å². The van der Waals surface area contributed by atoms with E-state index in [2.05, 4.69) is 98.6 Å². The Kier molecular flexibility index (Phi) is 4.25. The zero-order chi connectivity index (χ0) is 20.9. The molecular weight excluding hydrogens is 364 g/mol. The zero-order valence-electron chi connectivity index (χ0n) is 18.0. The molecule has 3 aromatic carbocycles. The number of H-pyrrole nitrogens is 1. The maximum Gasteiger partial charge on any atom is 0.0859 e. The van der Waals surface area contributed by atoms with E-state index in [4.69, 9.17) is 4.99 Å². The number of hydrogen-bond acceptors (Lipinski definition) is 1. The van der Waals surface area contributed by atoms with Crippen LogP contribution < -0.4 is 0 Å². The number of benzene rings is 3. The van der Waals surface area contributed by atoms with Crippen LogP contribution in [0.25, 0.3) is 32.9 Å². The molecule has 2 nitrogen and oxygen atoms in total. The molecule has 4 aromatic rings. The third kappa shape index (κ3) is 2.22. The molecule has 1 heterocycles. The summed E-state index contributed by atoms with van der Waals surface area (Å²) in [7, 11) is 0. The molecule has 0 radical (unpaired) electrons. The zero-order valence-corrected chi connectivity index (χ0v) is 18.0. The van der Waals surface area contributed by atoms with E-state index in [1.165, 1.54) is 49.6 Å². The first-order valence-electron chi connectivity index (χ1n) is 10.6. The van der Waals surface area contributed by atoms with Gasteiger partial charge in [-0.05, 0) is 50.5 Å². The third-order valence-electron chi connectivity index (χ3n) is 6.63. The lowest BCUT2D eigenvalue weighted by molar-refractivity contribution is 0.718. The first kappa shape index (κ1) is 18.6. The number of aromatic nitrogens is 1. The Labute approximate surface area is 177 Å². The SMILES string of the molecule is CC=N/C(=C\C)C1(/C(C)=C/C)c2ccccc2-c2ccc3c([nH]c4ccccc43)c21. The van der Waals surface area contributed by atoms with Crippen molar-refractivity contribution in [1.82, 2.24) is 4.98 Å². The normalized spacial score (nSPS) is 19.1. The smallest absolute Gasteiger partial charge is 0.0859 e. The highest BCUT2D eigenvalue weighted by molar-refractivity contribution is 6.12. The maximum atomic E-state index is 4.91. The largest absolute Gasteiger partial charge is 0.354 e. The van der Waals surface area contributed by atoms with Gasteiger partial charge in [0, 0.05) is 28.1 Å². The molecule has 1 aliphatic carbocycles. The summed E-state index contributed by atoms with van der Waals surface area (Å²) in [6, 6.07) is 21.9. The van der Waals surface area contributed by atoms with Gasteiger partial charge in [-0.2, -0.15) is 0 Å². The number of nitrogens with zero attached hydrogens (tertiary/aromatic N) is 1. The second-order valence-corrected chi connectivity index (χ2v) is 7.91. The molecule has 0 spiro atoms. The van der Waals surface area contributed by atoms with Crippen molar-refractivity contribution in [2.75, 3.05) is 0 Å². The van der Waals surface area contributed by atoms with Crippen molar-refractivity contribution in [2.24, 2.45) is 4.99 Å². The summed E-state index contributed by atoms with van der Waals surface area (Å²) in [5.74, 6) is 0. The molecule has 2 heteroatoms. The number of fused-ring (bicyclic) bond motifs is 7. The summed E-state index contributed by atoms with van der Waals surface area (Å²) in [5, 5.41) is 2.53. The van der Waals surface area contributed by atoms with E-state index in [9.17, 15) is 0 Å². The molecule has 1 unspecified atom stereocenters. The standard InChI is InChI=1S/C28H26N2/c1-5-18(4)28(25(6-2)29-7-3)23-14-10-8-12-19(23)21-16-17-22-20-13-9-11-15-24(20)30-27(22)26(21)28/h5-17,30H,1-4H3/b18-5+,25-6-,29-7?. The number of rotatable bonds is 3. The van der Waals surface area contributed by atoms with Crippen LogP contribution in [0, 0.1) is 0 Å². The van der Waals surface area contributed by atoms with E-state index in [0.29, 0.717) is 0 Å². The minimum Gasteiger partial charge on any atom is -0.354 e. The average Bonchev–Trinajstić information content (AvgIpc) is 3.31. The Morgan fingerprint density at radius 2 is 1.60 bits per heavy atom. The van der Waals surface area contributed by atoms with Gasteiger partial charge in [-0.25, -0.2) is 0 Å². The summed E-state index contributed by atoms with van der Waals surface area (Å²) in [4.78, 5) is 8.67. The molecule has 1 aliphatic rings. The Morgan fingerprint density at radius 1 is 0.833 bits per heavy atom. The Balaban J connectivity index is 2.05. The lowest BCUT2D eigenvalue weighted by Gasteiger charge is -2.34. The molecule has 0 bridgehead atoms. The predicted molar refractivity (Wildman–Crippen MR) is 129 cm³/mol. The van der Waals surface area contributed by atoms with Crippen LogP contribution in [0.5, 0.6) is 0 Å². The van der Waals surface area contributed by atoms with Crippen LogP contribution >= 0.6 is 0 Å². The van der Waals surface area contributed by atoms with E-state index < -0.39 is 5.41 Å². The molecule has 0 aliphatic heterocycles. The topological polar surface area (TPSA) is 28.1 Å². The number of hydrogen-bond donors (Lipinski definition) is 1. The van der Waals surface area contributed by atoms with Crippen LogP contribution in [-0.2, 0) is 5.41 Å². The quantitative estimate of drug-likeness (QED) is 0.276. The highest BCUT2D eigenvalue weighted by atomic mass is 14.8. The second kappa shape index (κ2) is 6.84. The second-order valence-electron chi connectivity index (χ2n) is 7.91. The summed E-state index contributed by atoms with van der Waals surface area (Å²) < 4.78 is 0. The van der Waals surface area contributed by atoms with Gasteiger partial charge in [-0.3, -0.25) is 4.99 Å². The van der Waals surface area contributed by atoms with Crippen molar-refractivity contribution in [3.63, 3.8) is 0 Å². The molecule has 5 rings (SSSR count). The first-order chi connectivity index (χ1) is 14.7. The molecule has 0 amide bonds. The van der Waals surface area contributed by atoms with Crippen LogP contribution in [0.1, 0.15) is 38.8 Å². The molecule has 0 saturated heterocycles. The summed E-state index contributed by atoms with van der Waals surface area (Å²) in [6.45, 7) is 8.46. The highest BCUT2D eigenvalue weighted by Gasteiger charge is 2.48. The number of aliphatic imine (C=N–C) groups is 1. The summed E-state index contributed by atoms with van der Waals surface area (Å²) in [6.07, 6.45) is 6.31. The van der Waals surface area contributed by atoms with Crippen LogP contribution in [0.15, 0.2) is 89.1 Å². The van der Waals surface area contributed by atoms with Crippen molar-refractivity contribution in [1.29, 1.82) is 0 Å². The maximum absolute atomic E-state index is 4.91. The van der Waals surface area contributed by atoms with E-state index in [0.717, 1.165) is 5.70 Å². The molecule has 0 fully saturated rings. The van der Waals surface area contributed by atoms with Gasteiger partial charge in [0.25, 0.3) is 0 Å². The van der Waals surface area contributed by atoms with Crippen molar-refractivity contribution in [2.45, 2.75) is 33.1 Å². The van der Waals surface area contributed by atoms with Gasteiger partial charge in [0.05, 0.1) is 16.6 Å². The van der Waals surface area contributed by atoms with Crippen LogP contribution in [-0.4, -0.2) is 11.2 Å². The van der Waals surface area contributed by atoms with Gasteiger partial charge >= 0.3 is 0 Å². The summed E-state index contributed by atoms with van der Waals surface area (Å²) in [5.41, 5.74) is 9.52. The van der Waals surface area contributed by atoms with Crippen LogP contribution in [0.4, 0.5) is 0 Å². The minimum atomic E-state index is -0.414. The lowest BCUT2D eigenvalue weighted by Crippen LogP contribution is -2.29. The fourth-order valence-corrected chi connectivity index (χ4v) is 5.33. The van der Waals surface area contributed by atoms with Crippen LogP contribution in [0.3, 0.4) is 0 Å². The number of aromatic amines is 1. The van der Waals surface area contributed by atoms with Gasteiger partial charge in [0.1, 0.15) is 0 Å². The van der Waals surface area contributed by atoms with Gasteiger partial charge in [0.15, 0.2) is 0 Å². The Morgan fingerprint density at radius 3 is 2.37 bits per heavy atom. The molecule has 0 saturated carbocycles. The molecule has 1 aromatic heterocycles. The predicted octanol–water partition coefficient (Wildman–Crippen LogP) is 7.55. The van der Waals surface area contributed by atoms with E-state index >= 15 is 0 Å². The monoisotopic (exact) mass is 390 g/mol. The van der Waals surface area contributed by atoms with E-state index in [1.54, 1.807) is 0 Å². The number of allylic oxidation sites excluding steroid dienone is 3. The average molecular weight is 391 g/mol. The first-order valence-corrected chi connectivity index (χ1v) is 10.6. The van der Waals surface area contributed by atoms with Gasteiger partial charge in [-0.1, -0.05) is 72.3 Å². The molecule has 30 heavy (non-hydrogen) atoms. The Bertz CT molecular complexity index is 1380.